The predicted octanol–water partition coefficient (Wildman–Crippen LogP) is 3.12. The van der Waals surface area contributed by atoms with Gasteiger partial charge in [-0.05, 0) is 29.8 Å². The summed E-state index contributed by atoms with van der Waals surface area (Å²) in [6.45, 7) is 0.436. The fourth-order valence-corrected chi connectivity index (χ4v) is 3.01. The van der Waals surface area contributed by atoms with Crippen molar-refractivity contribution in [2.75, 3.05) is 16.8 Å². The molecule has 2 aromatic rings. The predicted molar refractivity (Wildman–Crippen MR) is 91.9 cm³/mol. The SMILES string of the molecule is NC(=O)N(Cc1ccc(C(F)(F)F)cc1)c1cccc2c1CC(O)CN2. The van der Waals surface area contributed by atoms with Gasteiger partial charge in [-0.2, -0.15) is 13.2 Å². The summed E-state index contributed by atoms with van der Waals surface area (Å²) in [5, 5.41) is 13.0. The van der Waals surface area contributed by atoms with Crippen LogP contribution in [0.3, 0.4) is 0 Å². The molecular formula is C18H18F3N3O2. The summed E-state index contributed by atoms with van der Waals surface area (Å²) in [4.78, 5) is 13.3. The first-order valence-corrected chi connectivity index (χ1v) is 8.02. The summed E-state index contributed by atoms with van der Waals surface area (Å²) in [5.41, 5.74) is 7.34. The van der Waals surface area contributed by atoms with Gasteiger partial charge in [-0.1, -0.05) is 18.2 Å². The molecule has 1 aliphatic heterocycles. The maximum atomic E-state index is 12.7. The Hall–Kier alpha value is -2.74. The zero-order valence-corrected chi connectivity index (χ0v) is 13.8. The second-order valence-corrected chi connectivity index (χ2v) is 6.16. The lowest BCUT2D eigenvalue weighted by Gasteiger charge is -2.29. The number of aliphatic hydroxyl groups excluding tert-OH is 1. The highest BCUT2D eigenvalue weighted by Crippen LogP contribution is 2.33. The average Bonchev–Trinajstić information content (AvgIpc) is 2.58. The van der Waals surface area contributed by atoms with Crippen molar-refractivity contribution in [1.82, 2.24) is 0 Å². The minimum Gasteiger partial charge on any atom is -0.391 e. The van der Waals surface area contributed by atoms with Gasteiger partial charge in [-0.3, -0.25) is 4.90 Å². The van der Waals surface area contributed by atoms with E-state index in [4.69, 9.17) is 5.73 Å². The third-order valence-corrected chi connectivity index (χ3v) is 4.30. The van der Waals surface area contributed by atoms with E-state index in [1.807, 2.05) is 6.07 Å². The van der Waals surface area contributed by atoms with Crippen molar-refractivity contribution in [2.45, 2.75) is 25.2 Å². The topological polar surface area (TPSA) is 78.6 Å². The maximum absolute atomic E-state index is 12.7. The first-order valence-electron chi connectivity index (χ1n) is 8.02. The number of urea groups is 1. The summed E-state index contributed by atoms with van der Waals surface area (Å²) in [5.74, 6) is 0. The average molecular weight is 365 g/mol. The summed E-state index contributed by atoms with van der Waals surface area (Å²) in [6.07, 6.45) is -4.65. The number of nitrogens with zero attached hydrogens (tertiary/aromatic N) is 1. The molecule has 2 aromatic carbocycles. The Morgan fingerprint density at radius 1 is 1.23 bits per heavy atom. The molecule has 0 radical (unpaired) electrons. The van der Waals surface area contributed by atoms with Crippen LogP contribution in [0.5, 0.6) is 0 Å². The molecule has 3 rings (SSSR count). The van der Waals surface area contributed by atoms with Crippen molar-refractivity contribution in [1.29, 1.82) is 0 Å². The number of nitrogens with one attached hydrogen (secondary N) is 1. The van der Waals surface area contributed by atoms with Crippen molar-refractivity contribution < 1.29 is 23.1 Å². The van der Waals surface area contributed by atoms with Crippen LogP contribution in [-0.2, 0) is 19.1 Å². The number of carbonyl (C=O) groups excluding carboxylic acids is 1. The van der Waals surface area contributed by atoms with Crippen LogP contribution in [-0.4, -0.2) is 23.8 Å². The number of alkyl halides is 3. The molecule has 1 aliphatic rings. The number of fused-ring (bicyclic) bond motifs is 1. The van der Waals surface area contributed by atoms with Gasteiger partial charge in [0.15, 0.2) is 0 Å². The Kier molecular flexibility index (Phi) is 4.78. The molecule has 4 N–H and O–H groups in total. The molecule has 0 saturated heterocycles. The molecular weight excluding hydrogens is 347 g/mol. The molecule has 138 valence electrons. The van der Waals surface area contributed by atoms with E-state index in [0.717, 1.165) is 23.4 Å². The van der Waals surface area contributed by atoms with Gasteiger partial charge in [0.25, 0.3) is 0 Å². The number of halogens is 3. The molecule has 0 fully saturated rings. The highest BCUT2D eigenvalue weighted by atomic mass is 19.4. The number of nitrogens with two attached hydrogens (primary N) is 1. The summed E-state index contributed by atoms with van der Waals surface area (Å²) < 4.78 is 38.1. The second kappa shape index (κ2) is 6.87. The molecule has 1 atom stereocenters. The Morgan fingerprint density at radius 2 is 1.92 bits per heavy atom. The quantitative estimate of drug-likeness (QED) is 0.782. The smallest absolute Gasteiger partial charge is 0.391 e. The summed E-state index contributed by atoms with van der Waals surface area (Å²) in [7, 11) is 0. The van der Waals surface area contributed by atoms with E-state index in [2.05, 4.69) is 5.32 Å². The van der Waals surface area contributed by atoms with Crippen molar-refractivity contribution in [3.05, 3.63) is 59.2 Å². The number of aliphatic hydroxyl groups is 1. The Bertz CT molecular complexity index is 806. The molecule has 0 aromatic heterocycles. The monoisotopic (exact) mass is 365 g/mol. The normalized spacial score (nSPS) is 16.5. The van der Waals surface area contributed by atoms with Crippen molar-refractivity contribution in [3.63, 3.8) is 0 Å². The number of amides is 2. The van der Waals surface area contributed by atoms with Crippen molar-refractivity contribution in [3.8, 4) is 0 Å². The van der Waals surface area contributed by atoms with Gasteiger partial charge in [0.05, 0.1) is 23.9 Å². The molecule has 1 unspecified atom stereocenters. The molecule has 5 nitrogen and oxygen atoms in total. The van der Waals surface area contributed by atoms with Gasteiger partial charge in [0.1, 0.15) is 0 Å². The van der Waals surface area contributed by atoms with Crippen LogP contribution in [0.1, 0.15) is 16.7 Å². The lowest BCUT2D eigenvalue weighted by molar-refractivity contribution is -0.137. The standard InChI is InChI=1S/C18H18F3N3O2/c19-18(20,21)12-6-4-11(5-7-12)10-24(17(22)26)16-3-1-2-15-14(16)8-13(25)9-23-15/h1-7,13,23,25H,8-10H2,(H2,22,26). The largest absolute Gasteiger partial charge is 0.416 e. The van der Waals surface area contributed by atoms with Crippen LogP contribution in [0.2, 0.25) is 0 Å². The van der Waals surface area contributed by atoms with Crippen LogP contribution in [0.4, 0.5) is 29.3 Å². The summed E-state index contributed by atoms with van der Waals surface area (Å²) >= 11 is 0. The van der Waals surface area contributed by atoms with E-state index < -0.39 is 23.9 Å². The van der Waals surface area contributed by atoms with E-state index in [-0.39, 0.29) is 6.54 Å². The fourth-order valence-electron chi connectivity index (χ4n) is 3.01. The zero-order valence-electron chi connectivity index (χ0n) is 13.8. The number of carbonyl (C=O) groups is 1. The number of benzene rings is 2. The Balaban J connectivity index is 1.91. The van der Waals surface area contributed by atoms with Crippen molar-refractivity contribution >= 4 is 17.4 Å². The van der Waals surface area contributed by atoms with E-state index in [0.29, 0.717) is 24.2 Å². The first-order chi connectivity index (χ1) is 12.3. The molecule has 0 spiro atoms. The summed E-state index contributed by atoms with van der Waals surface area (Å²) in [6, 6.07) is 9.15. The van der Waals surface area contributed by atoms with Gasteiger partial charge >= 0.3 is 12.2 Å². The Labute approximate surface area is 148 Å². The molecule has 0 saturated carbocycles. The van der Waals surface area contributed by atoms with Crippen LogP contribution in [0.15, 0.2) is 42.5 Å². The van der Waals surface area contributed by atoms with Crippen LogP contribution < -0.4 is 16.0 Å². The first kappa shape index (κ1) is 18.1. The molecule has 26 heavy (non-hydrogen) atoms. The minimum absolute atomic E-state index is 0.0278. The van der Waals surface area contributed by atoms with E-state index >= 15 is 0 Å². The van der Waals surface area contributed by atoms with Gasteiger partial charge in [-0.15, -0.1) is 0 Å². The Morgan fingerprint density at radius 3 is 2.54 bits per heavy atom. The number of β-amino-alcohol motifs (C(OH)–C–C–N with tert-alkyl or cyclic N) is 1. The zero-order chi connectivity index (χ0) is 18.9. The molecule has 0 bridgehead atoms. The van der Waals surface area contributed by atoms with Gasteiger partial charge in [0, 0.05) is 24.2 Å². The van der Waals surface area contributed by atoms with Crippen LogP contribution in [0, 0.1) is 0 Å². The molecule has 1 heterocycles. The third kappa shape index (κ3) is 3.75. The van der Waals surface area contributed by atoms with E-state index in [1.54, 1.807) is 12.1 Å². The van der Waals surface area contributed by atoms with Gasteiger partial charge < -0.3 is 16.2 Å². The third-order valence-electron chi connectivity index (χ3n) is 4.30. The molecule has 8 heteroatoms. The number of hydrogen-bond acceptors (Lipinski definition) is 3. The molecule has 0 aliphatic carbocycles. The highest BCUT2D eigenvalue weighted by molar-refractivity contribution is 5.92. The van der Waals surface area contributed by atoms with Gasteiger partial charge in [-0.25, -0.2) is 4.79 Å². The minimum atomic E-state index is -4.41. The molecule has 2 amide bonds. The van der Waals surface area contributed by atoms with E-state index in [9.17, 15) is 23.1 Å². The number of anilines is 2. The number of hydrogen-bond donors (Lipinski definition) is 3. The number of rotatable bonds is 3. The lowest BCUT2D eigenvalue weighted by atomic mass is 9.98. The number of primary amides is 1. The fraction of sp³-hybridized carbons (Fsp3) is 0.278. The highest BCUT2D eigenvalue weighted by Gasteiger charge is 2.30. The maximum Gasteiger partial charge on any atom is 0.416 e. The van der Waals surface area contributed by atoms with Gasteiger partial charge in [0.2, 0.25) is 0 Å². The van der Waals surface area contributed by atoms with Crippen LogP contribution >= 0.6 is 0 Å². The van der Waals surface area contributed by atoms with Crippen LogP contribution in [0.25, 0.3) is 0 Å². The second-order valence-electron chi connectivity index (χ2n) is 6.16. The van der Waals surface area contributed by atoms with Crippen molar-refractivity contribution in [2.24, 2.45) is 5.73 Å². The lowest BCUT2D eigenvalue weighted by Crippen LogP contribution is -2.37. The van der Waals surface area contributed by atoms with E-state index in [1.165, 1.54) is 17.0 Å².